The summed E-state index contributed by atoms with van der Waals surface area (Å²) in [6.07, 6.45) is 3.98. The van der Waals surface area contributed by atoms with Gasteiger partial charge in [-0.25, -0.2) is 9.37 Å². The number of nitrogens with two attached hydrogens (primary N) is 1. The van der Waals surface area contributed by atoms with Gasteiger partial charge in [-0.1, -0.05) is 12.8 Å². The number of amides is 1. The number of aromatic nitrogens is 1. The van der Waals surface area contributed by atoms with Crippen molar-refractivity contribution in [1.82, 2.24) is 10.3 Å². The van der Waals surface area contributed by atoms with Crippen molar-refractivity contribution in [3.8, 4) is 0 Å². The van der Waals surface area contributed by atoms with Gasteiger partial charge in [0.1, 0.15) is 0 Å². The predicted octanol–water partition coefficient (Wildman–Crippen LogP) is 0.836. The molecule has 1 aromatic rings. The SMILES string of the molecule is Nc1nccc(C(=O)NC2CCCCC2O)c1F. The van der Waals surface area contributed by atoms with Gasteiger partial charge in [-0.3, -0.25) is 4.79 Å². The van der Waals surface area contributed by atoms with Gasteiger partial charge in [0.15, 0.2) is 11.6 Å². The van der Waals surface area contributed by atoms with Crippen molar-refractivity contribution in [2.45, 2.75) is 37.8 Å². The van der Waals surface area contributed by atoms with Gasteiger partial charge in [0, 0.05) is 6.20 Å². The van der Waals surface area contributed by atoms with E-state index in [1.54, 1.807) is 0 Å². The number of rotatable bonds is 2. The summed E-state index contributed by atoms with van der Waals surface area (Å²) in [4.78, 5) is 15.4. The quantitative estimate of drug-likeness (QED) is 0.728. The third kappa shape index (κ3) is 2.59. The topological polar surface area (TPSA) is 88.2 Å². The molecular formula is C12H16FN3O2. The van der Waals surface area contributed by atoms with Crippen LogP contribution in [0.5, 0.6) is 0 Å². The number of hydrogen-bond donors (Lipinski definition) is 3. The van der Waals surface area contributed by atoms with E-state index in [1.807, 2.05) is 0 Å². The molecule has 5 nitrogen and oxygen atoms in total. The molecule has 0 radical (unpaired) electrons. The Morgan fingerprint density at radius 1 is 1.50 bits per heavy atom. The van der Waals surface area contributed by atoms with E-state index in [0.29, 0.717) is 12.8 Å². The summed E-state index contributed by atoms with van der Waals surface area (Å²) in [6, 6.07) is 0.955. The minimum Gasteiger partial charge on any atom is -0.391 e. The minimum absolute atomic E-state index is 0.139. The molecule has 2 atom stereocenters. The molecular weight excluding hydrogens is 237 g/mol. The van der Waals surface area contributed by atoms with Gasteiger partial charge >= 0.3 is 0 Å². The highest BCUT2D eigenvalue weighted by Gasteiger charge is 2.26. The summed E-state index contributed by atoms with van der Waals surface area (Å²) in [5.74, 6) is -1.68. The fraction of sp³-hybridized carbons (Fsp3) is 0.500. The van der Waals surface area contributed by atoms with Gasteiger partial charge in [0.25, 0.3) is 5.91 Å². The zero-order valence-electron chi connectivity index (χ0n) is 9.90. The van der Waals surface area contributed by atoms with Crippen molar-refractivity contribution in [3.63, 3.8) is 0 Å². The number of aliphatic hydroxyl groups is 1. The Kier molecular flexibility index (Phi) is 3.76. The molecule has 2 unspecified atom stereocenters. The predicted molar refractivity (Wildman–Crippen MR) is 64.3 cm³/mol. The van der Waals surface area contributed by atoms with E-state index in [1.165, 1.54) is 12.3 Å². The number of anilines is 1. The number of pyridine rings is 1. The molecule has 18 heavy (non-hydrogen) atoms. The molecule has 1 aliphatic rings. The highest BCUT2D eigenvalue weighted by Crippen LogP contribution is 2.19. The van der Waals surface area contributed by atoms with Crippen molar-refractivity contribution in [3.05, 3.63) is 23.6 Å². The lowest BCUT2D eigenvalue weighted by Gasteiger charge is -2.28. The van der Waals surface area contributed by atoms with Crippen LogP contribution in [0.4, 0.5) is 10.2 Å². The molecule has 1 aromatic heterocycles. The van der Waals surface area contributed by atoms with E-state index < -0.39 is 17.8 Å². The van der Waals surface area contributed by atoms with Crippen LogP contribution >= 0.6 is 0 Å². The Labute approximate surface area is 104 Å². The normalized spacial score (nSPS) is 23.7. The van der Waals surface area contributed by atoms with Crippen LogP contribution in [0, 0.1) is 5.82 Å². The maximum atomic E-state index is 13.6. The first kappa shape index (κ1) is 12.8. The largest absolute Gasteiger partial charge is 0.391 e. The van der Waals surface area contributed by atoms with Crippen LogP contribution in [0.25, 0.3) is 0 Å². The molecule has 0 spiro atoms. The summed E-state index contributed by atoms with van der Waals surface area (Å²) in [6.45, 7) is 0. The number of nitrogens with one attached hydrogen (secondary N) is 1. The van der Waals surface area contributed by atoms with Crippen molar-refractivity contribution >= 4 is 11.7 Å². The molecule has 0 saturated heterocycles. The number of carbonyl (C=O) groups is 1. The molecule has 1 saturated carbocycles. The van der Waals surface area contributed by atoms with Gasteiger partial charge in [-0.15, -0.1) is 0 Å². The van der Waals surface area contributed by atoms with Crippen LogP contribution in [-0.2, 0) is 0 Å². The molecule has 4 N–H and O–H groups in total. The molecule has 0 aliphatic heterocycles. The molecule has 1 heterocycles. The summed E-state index contributed by atoms with van der Waals surface area (Å²) < 4.78 is 13.6. The maximum Gasteiger partial charge on any atom is 0.254 e. The van der Waals surface area contributed by atoms with E-state index in [9.17, 15) is 14.3 Å². The average Bonchev–Trinajstić information content (AvgIpc) is 2.35. The van der Waals surface area contributed by atoms with E-state index in [0.717, 1.165) is 12.8 Å². The van der Waals surface area contributed by atoms with E-state index in [2.05, 4.69) is 10.3 Å². The third-order valence-electron chi connectivity index (χ3n) is 3.21. The number of nitrogen functional groups attached to an aromatic ring is 1. The highest BCUT2D eigenvalue weighted by molar-refractivity contribution is 5.95. The Morgan fingerprint density at radius 2 is 2.22 bits per heavy atom. The summed E-state index contributed by atoms with van der Waals surface area (Å²) >= 11 is 0. The van der Waals surface area contributed by atoms with Gasteiger partial charge in [0.2, 0.25) is 0 Å². The monoisotopic (exact) mass is 253 g/mol. The number of aliphatic hydroxyl groups excluding tert-OH is 1. The smallest absolute Gasteiger partial charge is 0.254 e. The Hall–Kier alpha value is -1.69. The molecule has 98 valence electrons. The lowest BCUT2D eigenvalue weighted by molar-refractivity contribution is 0.0714. The van der Waals surface area contributed by atoms with Crippen LogP contribution in [0.1, 0.15) is 36.0 Å². The first-order chi connectivity index (χ1) is 8.59. The van der Waals surface area contributed by atoms with Crippen molar-refractivity contribution in [2.75, 3.05) is 5.73 Å². The number of carbonyl (C=O) groups excluding carboxylic acids is 1. The summed E-state index contributed by atoms with van der Waals surface area (Å²) in [5, 5.41) is 12.4. The standard InChI is InChI=1S/C12H16FN3O2/c13-10-7(5-6-15-11(10)14)12(18)16-8-3-1-2-4-9(8)17/h5-6,8-9,17H,1-4H2,(H2,14,15)(H,16,18). The number of nitrogens with zero attached hydrogens (tertiary/aromatic N) is 1. The van der Waals surface area contributed by atoms with Crippen molar-refractivity contribution < 1.29 is 14.3 Å². The van der Waals surface area contributed by atoms with Crippen LogP contribution < -0.4 is 11.1 Å². The summed E-state index contributed by atoms with van der Waals surface area (Å²) in [7, 11) is 0. The molecule has 2 rings (SSSR count). The molecule has 1 amide bonds. The Morgan fingerprint density at radius 3 is 2.94 bits per heavy atom. The lowest BCUT2D eigenvalue weighted by atomic mass is 9.92. The number of hydrogen-bond acceptors (Lipinski definition) is 4. The van der Waals surface area contributed by atoms with Gasteiger partial charge in [-0.2, -0.15) is 0 Å². The van der Waals surface area contributed by atoms with Crippen LogP contribution in [0.15, 0.2) is 12.3 Å². The Balaban J connectivity index is 2.09. The minimum atomic E-state index is -0.819. The van der Waals surface area contributed by atoms with Gasteiger partial charge in [-0.05, 0) is 18.9 Å². The molecule has 0 aromatic carbocycles. The molecule has 1 aliphatic carbocycles. The summed E-state index contributed by atoms with van der Waals surface area (Å²) in [5.41, 5.74) is 5.16. The van der Waals surface area contributed by atoms with Crippen LogP contribution in [0.3, 0.4) is 0 Å². The van der Waals surface area contributed by atoms with Crippen LogP contribution in [-0.4, -0.2) is 28.1 Å². The van der Waals surface area contributed by atoms with Crippen molar-refractivity contribution in [1.29, 1.82) is 0 Å². The van der Waals surface area contributed by atoms with E-state index >= 15 is 0 Å². The zero-order valence-corrected chi connectivity index (χ0v) is 9.90. The van der Waals surface area contributed by atoms with E-state index in [-0.39, 0.29) is 17.4 Å². The second kappa shape index (κ2) is 5.30. The van der Waals surface area contributed by atoms with E-state index in [4.69, 9.17) is 5.73 Å². The highest BCUT2D eigenvalue weighted by atomic mass is 19.1. The second-order valence-corrected chi connectivity index (χ2v) is 4.49. The molecule has 0 bridgehead atoms. The lowest BCUT2D eigenvalue weighted by Crippen LogP contribution is -2.45. The first-order valence-corrected chi connectivity index (χ1v) is 5.98. The molecule has 1 fully saturated rings. The zero-order chi connectivity index (χ0) is 13.1. The maximum absolute atomic E-state index is 13.6. The van der Waals surface area contributed by atoms with Gasteiger partial charge < -0.3 is 16.2 Å². The average molecular weight is 253 g/mol. The second-order valence-electron chi connectivity index (χ2n) is 4.49. The van der Waals surface area contributed by atoms with Crippen LogP contribution in [0.2, 0.25) is 0 Å². The fourth-order valence-electron chi connectivity index (χ4n) is 2.16. The third-order valence-corrected chi connectivity index (χ3v) is 3.21. The molecule has 6 heteroatoms. The fourth-order valence-corrected chi connectivity index (χ4v) is 2.16. The Bertz CT molecular complexity index is 453. The first-order valence-electron chi connectivity index (χ1n) is 5.98. The van der Waals surface area contributed by atoms with Gasteiger partial charge in [0.05, 0.1) is 17.7 Å². The van der Waals surface area contributed by atoms with Crippen molar-refractivity contribution in [2.24, 2.45) is 0 Å². The number of halogens is 1.